The number of nitrogen functional groups attached to an aromatic ring is 2. The second-order valence-corrected chi connectivity index (χ2v) is 6.01. The summed E-state index contributed by atoms with van der Waals surface area (Å²) in [5.41, 5.74) is 12.1. The minimum Gasteiger partial charge on any atom is -0.491 e. The number of amidine groups is 2. The molecule has 0 unspecified atom stereocenters. The fraction of sp³-hybridized carbons (Fsp3) is 0.158. The van der Waals surface area contributed by atoms with Crippen molar-refractivity contribution in [1.82, 2.24) is 5.32 Å². The van der Waals surface area contributed by atoms with E-state index in [-0.39, 0.29) is 24.7 Å². The number of nitrogens with one attached hydrogen (secondary N) is 3. The quantitative estimate of drug-likeness (QED) is 0.277. The summed E-state index contributed by atoms with van der Waals surface area (Å²) in [5.74, 6) is -1.38. The third-order valence-electron chi connectivity index (χ3n) is 3.81. The van der Waals surface area contributed by atoms with E-state index in [0.29, 0.717) is 22.4 Å². The van der Waals surface area contributed by atoms with Crippen LogP contribution in [0, 0.1) is 10.8 Å². The van der Waals surface area contributed by atoms with E-state index in [0.717, 1.165) is 0 Å². The number of nitrogens with two attached hydrogens (primary N) is 2. The Morgan fingerprint density at radius 2 is 1.61 bits per heavy atom. The van der Waals surface area contributed by atoms with Gasteiger partial charge >= 0.3 is 5.97 Å². The predicted octanol–water partition coefficient (Wildman–Crippen LogP) is 0.907. The zero-order chi connectivity index (χ0) is 20.7. The fourth-order valence-electron chi connectivity index (χ4n) is 2.38. The Morgan fingerprint density at radius 3 is 2.18 bits per heavy atom. The molecule has 0 spiro atoms. The van der Waals surface area contributed by atoms with Gasteiger partial charge in [0.15, 0.2) is 0 Å². The SMILES string of the molecule is N=C(N)c1ccc(C(=O)N[C@H](COc2cccc(C(=N)N)c2)CC(=O)O)cc1. The van der Waals surface area contributed by atoms with E-state index in [4.69, 9.17) is 32.1 Å². The zero-order valence-corrected chi connectivity index (χ0v) is 14.9. The average molecular weight is 383 g/mol. The molecule has 2 aromatic carbocycles. The van der Waals surface area contributed by atoms with Crippen molar-refractivity contribution in [2.45, 2.75) is 12.5 Å². The van der Waals surface area contributed by atoms with Crippen LogP contribution >= 0.6 is 0 Å². The van der Waals surface area contributed by atoms with Gasteiger partial charge in [-0.1, -0.05) is 24.3 Å². The molecule has 0 fully saturated rings. The summed E-state index contributed by atoms with van der Waals surface area (Å²) in [6.07, 6.45) is -0.330. The summed E-state index contributed by atoms with van der Waals surface area (Å²) in [6, 6.07) is 11.8. The lowest BCUT2D eigenvalue weighted by atomic mass is 10.1. The number of carboxylic acids is 1. The van der Waals surface area contributed by atoms with Crippen molar-refractivity contribution < 1.29 is 19.4 Å². The lowest BCUT2D eigenvalue weighted by molar-refractivity contribution is -0.137. The van der Waals surface area contributed by atoms with Crippen molar-refractivity contribution >= 4 is 23.5 Å². The van der Waals surface area contributed by atoms with Crippen molar-refractivity contribution in [3.63, 3.8) is 0 Å². The Bertz CT molecular complexity index is 895. The number of carboxylic acid groups (broad SMARTS) is 1. The molecule has 8 N–H and O–H groups in total. The maximum atomic E-state index is 12.4. The fourth-order valence-corrected chi connectivity index (χ4v) is 2.38. The second-order valence-electron chi connectivity index (χ2n) is 6.01. The van der Waals surface area contributed by atoms with Gasteiger partial charge in [0.25, 0.3) is 5.91 Å². The van der Waals surface area contributed by atoms with Crippen LogP contribution < -0.4 is 21.5 Å². The van der Waals surface area contributed by atoms with Gasteiger partial charge in [0, 0.05) is 16.7 Å². The highest BCUT2D eigenvalue weighted by molar-refractivity contribution is 5.98. The first-order chi connectivity index (χ1) is 13.3. The van der Waals surface area contributed by atoms with Crippen molar-refractivity contribution in [1.29, 1.82) is 10.8 Å². The molecular weight excluding hydrogens is 362 g/mol. The monoisotopic (exact) mass is 383 g/mol. The molecule has 0 bridgehead atoms. The third-order valence-corrected chi connectivity index (χ3v) is 3.81. The molecule has 28 heavy (non-hydrogen) atoms. The van der Waals surface area contributed by atoms with Crippen molar-refractivity contribution in [3.05, 3.63) is 65.2 Å². The van der Waals surface area contributed by atoms with E-state index in [1.54, 1.807) is 24.3 Å². The van der Waals surface area contributed by atoms with E-state index in [9.17, 15) is 9.59 Å². The predicted molar refractivity (Wildman–Crippen MR) is 104 cm³/mol. The molecule has 0 saturated carbocycles. The Morgan fingerprint density at radius 1 is 1.00 bits per heavy atom. The first kappa shape index (κ1) is 20.4. The molecule has 0 aliphatic carbocycles. The van der Waals surface area contributed by atoms with Gasteiger partial charge in [-0.15, -0.1) is 0 Å². The Labute approximate surface area is 161 Å². The number of ether oxygens (including phenoxy) is 1. The number of aliphatic carboxylic acids is 1. The van der Waals surface area contributed by atoms with Crippen molar-refractivity contribution in [2.75, 3.05) is 6.61 Å². The lowest BCUT2D eigenvalue weighted by Gasteiger charge is -2.18. The van der Waals surface area contributed by atoms with Crippen LogP contribution in [-0.4, -0.2) is 41.3 Å². The Hall–Kier alpha value is -3.88. The van der Waals surface area contributed by atoms with E-state index >= 15 is 0 Å². The summed E-state index contributed by atoms with van der Waals surface area (Å²) in [4.78, 5) is 23.5. The number of hydrogen-bond donors (Lipinski definition) is 6. The standard InChI is InChI=1S/C19H21N5O4/c20-17(21)11-4-6-12(7-5-11)19(27)24-14(9-16(25)26)10-28-15-3-1-2-13(8-15)18(22)23/h1-8,14H,9-10H2,(H3,20,21)(H3,22,23)(H,24,27)(H,25,26)/t14-/m0/s1. The maximum Gasteiger partial charge on any atom is 0.305 e. The van der Waals surface area contributed by atoms with Crippen LogP contribution in [0.15, 0.2) is 48.5 Å². The molecule has 2 aromatic rings. The molecule has 0 aliphatic heterocycles. The highest BCUT2D eigenvalue weighted by Gasteiger charge is 2.18. The number of carbonyl (C=O) groups excluding carboxylic acids is 1. The summed E-state index contributed by atoms with van der Waals surface area (Å²) >= 11 is 0. The van der Waals surface area contributed by atoms with E-state index in [2.05, 4.69) is 5.32 Å². The number of amides is 1. The molecule has 0 radical (unpaired) electrons. The van der Waals surface area contributed by atoms with Crippen molar-refractivity contribution in [3.8, 4) is 5.75 Å². The van der Waals surface area contributed by atoms with Gasteiger partial charge in [-0.3, -0.25) is 20.4 Å². The molecule has 9 nitrogen and oxygen atoms in total. The average Bonchev–Trinajstić information content (AvgIpc) is 2.66. The van der Waals surface area contributed by atoms with E-state index < -0.39 is 17.9 Å². The third kappa shape index (κ3) is 5.84. The molecule has 9 heteroatoms. The van der Waals surface area contributed by atoms with Gasteiger partial charge in [-0.05, 0) is 24.3 Å². The van der Waals surface area contributed by atoms with Crippen LogP contribution in [0.25, 0.3) is 0 Å². The van der Waals surface area contributed by atoms with Gasteiger partial charge in [-0.25, -0.2) is 0 Å². The van der Waals surface area contributed by atoms with Crippen LogP contribution in [0.4, 0.5) is 0 Å². The molecule has 1 amide bonds. The number of hydrogen-bond acceptors (Lipinski definition) is 5. The van der Waals surface area contributed by atoms with E-state index in [1.807, 2.05) is 0 Å². The van der Waals surface area contributed by atoms with Gasteiger partial charge in [0.05, 0.1) is 12.5 Å². The number of benzene rings is 2. The zero-order valence-electron chi connectivity index (χ0n) is 14.9. The molecule has 0 aromatic heterocycles. The summed E-state index contributed by atoms with van der Waals surface area (Å²) in [5, 5.41) is 26.5. The van der Waals surface area contributed by atoms with Crippen molar-refractivity contribution in [2.24, 2.45) is 11.5 Å². The van der Waals surface area contributed by atoms with Gasteiger partial charge in [-0.2, -0.15) is 0 Å². The molecule has 146 valence electrons. The molecule has 0 heterocycles. The maximum absolute atomic E-state index is 12.4. The van der Waals surface area contributed by atoms with Gasteiger partial charge in [0.2, 0.25) is 0 Å². The summed E-state index contributed by atoms with van der Waals surface area (Å²) in [7, 11) is 0. The Balaban J connectivity index is 2.05. The lowest BCUT2D eigenvalue weighted by Crippen LogP contribution is -2.40. The highest BCUT2D eigenvalue weighted by atomic mass is 16.5. The van der Waals surface area contributed by atoms with Crippen LogP contribution in [0.1, 0.15) is 27.9 Å². The minimum absolute atomic E-state index is 0.0784. The van der Waals surface area contributed by atoms with E-state index in [1.165, 1.54) is 24.3 Å². The van der Waals surface area contributed by atoms with Crippen LogP contribution in [0.5, 0.6) is 5.75 Å². The summed E-state index contributed by atoms with van der Waals surface area (Å²) in [6.45, 7) is -0.0784. The number of rotatable bonds is 9. The minimum atomic E-state index is -1.08. The Kier molecular flexibility index (Phi) is 6.69. The molecule has 0 aliphatic rings. The summed E-state index contributed by atoms with van der Waals surface area (Å²) < 4.78 is 5.57. The molecule has 1 atom stereocenters. The largest absolute Gasteiger partial charge is 0.491 e. The van der Waals surface area contributed by atoms with Crippen LogP contribution in [-0.2, 0) is 4.79 Å². The van der Waals surface area contributed by atoms with Crippen LogP contribution in [0.3, 0.4) is 0 Å². The molecule has 2 rings (SSSR count). The smallest absolute Gasteiger partial charge is 0.305 e. The molecule has 0 saturated heterocycles. The normalized spacial score (nSPS) is 11.3. The van der Waals surface area contributed by atoms with Crippen LogP contribution in [0.2, 0.25) is 0 Å². The topological polar surface area (TPSA) is 175 Å². The first-order valence-corrected chi connectivity index (χ1v) is 8.30. The number of carbonyl (C=O) groups is 2. The van der Waals surface area contributed by atoms with Gasteiger partial charge in [0.1, 0.15) is 24.0 Å². The van der Waals surface area contributed by atoms with Gasteiger partial charge < -0.3 is 26.6 Å². The second kappa shape index (κ2) is 9.17. The highest BCUT2D eigenvalue weighted by Crippen LogP contribution is 2.14. The molecular formula is C19H21N5O4. The first-order valence-electron chi connectivity index (χ1n) is 8.30.